The summed E-state index contributed by atoms with van der Waals surface area (Å²) in [6.07, 6.45) is 2.88. The van der Waals surface area contributed by atoms with Crippen LogP contribution in [-0.4, -0.2) is 20.5 Å². The Morgan fingerprint density at radius 1 is 1.04 bits per heavy atom. The second-order valence-electron chi connectivity index (χ2n) is 7.24. The SMILES string of the molecule is Cc1ccccc1[C@@H]1CC(=O)C2=C(C1)Nc1ncnn1[C@@H]2c1ccccc1. The van der Waals surface area contributed by atoms with Crippen molar-refractivity contribution in [3.8, 4) is 0 Å². The summed E-state index contributed by atoms with van der Waals surface area (Å²) < 4.78 is 1.82. The van der Waals surface area contributed by atoms with Crippen molar-refractivity contribution < 1.29 is 4.79 Å². The minimum Gasteiger partial charge on any atom is -0.328 e. The van der Waals surface area contributed by atoms with Crippen molar-refractivity contribution in [3.05, 3.63) is 88.9 Å². The van der Waals surface area contributed by atoms with Crippen LogP contribution < -0.4 is 5.32 Å². The van der Waals surface area contributed by atoms with E-state index in [1.165, 1.54) is 11.1 Å². The van der Waals surface area contributed by atoms with Crippen molar-refractivity contribution in [2.45, 2.75) is 31.7 Å². The second-order valence-corrected chi connectivity index (χ2v) is 7.24. The number of carbonyl (C=O) groups excluding carboxylic acids is 1. The Balaban J connectivity index is 1.61. The molecule has 2 heterocycles. The molecule has 5 rings (SSSR count). The normalized spacial score (nSPS) is 21.4. The Hall–Kier alpha value is -3.21. The van der Waals surface area contributed by atoms with Gasteiger partial charge in [0.25, 0.3) is 0 Å². The molecule has 1 aliphatic carbocycles. The summed E-state index contributed by atoms with van der Waals surface area (Å²) in [5.74, 6) is 1.07. The average Bonchev–Trinajstić information content (AvgIpc) is 3.15. The third-order valence-corrected chi connectivity index (χ3v) is 5.61. The number of hydrogen-bond acceptors (Lipinski definition) is 4. The minimum absolute atomic E-state index is 0.187. The second kappa shape index (κ2) is 6.20. The van der Waals surface area contributed by atoms with Crippen LogP contribution in [0.4, 0.5) is 5.95 Å². The molecule has 27 heavy (non-hydrogen) atoms. The van der Waals surface area contributed by atoms with Crippen LogP contribution in [0.25, 0.3) is 0 Å². The molecular weight excluding hydrogens is 336 g/mol. The lowest BCUT2D eigenvalue weighted by Gasteiger charge is -2.35. The number of nitrogens with zero attached hydrogens (tertiary/aromatic N) is 3. The molecule has 0 radical (unpaired) electrons. The average molecular weight is 356 g/mol. The molecule has 2 aromatic carbocycles. The van der Waals surface area contributed by atoms with Gasteiger partial charge in [-0.3, -0.25) is 4.79 Å². The molecule has 0 saturated heterocycles. The number of Topliss-reactive ketones (excluding diaryl/α,β-unsaturated/α-hetero) is 1. The van der Waals surface area contributed by atoms with E-state index in [0.717, 1.165) is 23.3 Å². The Bertz CT molecular complexity index is 1050. The van der Waals surface area contributed by atoms with Crippen LogP contribution in [0.15, 0.2) is 72.2 Å². The maximum atomic E-state index is 13.3. The standard InChI is InChI=1S/C22H20N4O/c1-14-7-5-6-10-17(14)16-11-18-20(19(27)12-16)21(15-8-3-2-4-9-15)26-22(25-18)23-13-24-26/h2-10,13,16,21H,11-12H2,1H3,(H,23,24,25)/t16-,21+/m0/s1. The van der Waals surface area contributed by atoms with Gasteiger partial charge in [-0.25, -0.2) is 4.68 Å². The summed E-state index contributed by atoms with van der Waals surface area (Å²) in [4.78, 5) is 17.6. The highest BCUT2D eigenvalue weighted by Crippen LogP contribution is 2.44. The predicted molar refractivity (Wildman–Crippen MR) is 103 cm³/mol. The number of aryl methyl sites for hydroxylation is 1. The predicted octanol–water partition coefficient (Wildman–Crippen LogP) is 4.00. The van der Waals surface area contributed by atoms with Crippen LogP contribution in [0.3, 0.4) is 0 Å². The Kier molecular flexibility index (Phi) is 3.67. The highest BCUT2D eigenvalue weighted by Gasteiger charge is 2.39. The maximum Gasteiger partial charge on any atom is 0.226 e. The van der Waals surface area contributed by atoms with Crippen LogP contribution in [-0.2, 0) is 4.79 Å². The quantitative estimate of drug-likeness (QED) is 0.754. The monoisotopic (exact) mass is 356 g/mol. The summed E-state index contributed by atoms with van der Waals surface area (Å²) in [6.45, 7) is 2.11. The third-order valence-electron chi connectivity index (χ3n) is 5.61. The van der Waals surface area contributed by atoms with E-state index in [1.54, 1.807) is 6.33 Å². The number of ketones is 1. The van der Waals surface area contributed by atoms with Gasteiger partial charge in [0, 0.05) is 17.7 Å². The number of benzene rings is 2. The van der Waals surface area contributed by atoms with Gasteiger partial charge in [-0.1, -0.05) is 54.6 Å². The van der Waals surface area contributed by atoms with E-state index in [1.807, 2.05) is 41.1 Å². The zero-order valence-corrected chi connectivity index (χ0v) is 15.1. The fourth-order valence-corrected chi connectivity index (χ4v) is 4.36. The first-order chi connectivity index (χ1) is 13.2. The van der Waals surface area contributed by atoms with E-state index in [9.17, 15) is 4.79 Å². The molecule has 0 spiro atoms. The van der Waals surface area contributed by atoms with Gasteiger partial charge in [0.1, 0.15) is 12.4 Å². The summed E-state index contributed by atoms with van der Waals surface area (Å²) in [6, 6.07) is 18.2. The van der Waals surface area contributed by atoms with Crippen LogP contribution in [0.5, 0.6) is 0 Å². The first-order valence-electron chi connectivity index (χ1n) is 9.25. The molecule has 0 unspecified atom stereocenters. The van der Waals surface area contributed by atoms with E-state index in [0.29, 0.717) is 12.4 Å². The van der Waals surface area contributed by atoms with Crippen molar-refractivity contribution in [1.82, 2.24) is 14.8 Å². The van der Waals surface area contributed by atoms with Crippen LogP contribution in [0.2, 0.25) is 0 Å². The fourth-order valence-electron chi connectivity index (χ4n) is 4.36. The first-order valence-corrected chi connectivity index (χ1v) is 9.25. The molecule has 0 amide bonds. The molecule has 3 aromatic rings. The van der Waals surface area contributed by atoms with Crippen LogP contribution >= 0.6 is 0 Å². The molecule has 1 N–H and O–H groups in total. The third kappa shape index (κ3) is 2.58. The van der Waals surface area contributed by atoms with Gasteiger partial charge in [-0.2, -0.15) is 10.1 Å². The zero-order chi connectivity index (χ0) is 18.4. The van der Waals surface area contributed by atoms with Crippen molar-refractivity contribution in [1.29, 1.82) is 0 Å². The lowest BCUT2D eigenvalue weighted by atomic mass is 9.77. The van der Waals surface area contributed by atoms with Gasteiger partial charge in [-0.05, 0) is 36.0 Å². The summed E-state index contributed by atoms with van der Waals surface area (Å²) >= 11 is 0. The summed E-state index contributed by atoms with van der Waals surface area (Å²) in [5.41, 5.74) is 5.35. The van der Waals surface area contributed by atoms with Gasteiger partial charge in [0.05, 0.1) is 0 Å². The summed E-state index contributed by atoms with van der Waals surface area (Å²) in [7, 11) is 0. The fraction of sp³-hybridized carbons (Fsp3) is 0.227. The molecule has 5 heteroatoms. The van der Waals surface area contributed by atoms with Crippen molar-refractivity contribution in [3.63, 3.8) is 0 Å². The largest absolute Gasteiger partial charge is 0.328 e. The molecule has 0 bridgehead atoms. The topological polar surface area (TPSA) is 59.8 Å². The lowest BCUT2D eigenvalue weighted by Crippen LogP contribution is -2.33. The number of allylic oxidation sites excluding steroid dienone is 2. The molecule has 5 nitrogen and oxygen atoms in total. The lowest BCUT2D eigenvalue weighted by molar-refractivity contribution is -0.116. The number of nitrogens with one attached hydrogen (secondary N) is 1. The Morgan fingerprint density at radius 2 is 1.81 bits per heavy atom. The molecule has 1 aliphatic heterocycles. The summed E-state index contributed by atoms with van der Waals surface area (Å²) in [5, 5.41) is 7.76. The first kappa shape index (κ1) is 16.0. The molecular formula is C22H20N4O. The Morgan fingerprint density at radius 3 is 2.63 bits per heavy atom. The molecule has 134 valence electrons. The van der Waals surface area contributed by atoms with Gasteiger partial charge in [-0.15, -0.1) is 0 Å². The number of anilines is 1. The molecule has 2 aliphatic rings. The molecule has 2 atom stereocenters. The zero-order valence-electron chi connectivity index (χ0n) is 15.1. The number of fused-ring (bicyclic) bond motifs is 1. The van der Waals surface area contributed by atoms with E-state index in [2.05, 4.69) is 40.5 Å². The van der Waals surface area contributed by atoms with Crippen molar-refractivity contribution >= 4 is 11.7 Å². The van der Waals surface area contributed by atoms with E-state index in [-0.39, 0.29) is 17.7 Å². The van der Waals surface area contributed by atoms with E-state index >= 15 is 0 Å². The van der Waals surface area contributed by atoms with Crippen LogP contribution in [0.1, 0.15) is 41.5 Å². The maximum absolute atomic E-state index is 13.3. The van der Waals surface area contributed by atoms with E-state index in [4.69, 9.17) is 0 Å². The van der Waals surface area contributed by atoms with E-state index < -0.39 is 0 Å². The van der Waals surface area contributed by atoms with Crippen molar-refractivity contribution in [2.24, 2.45) is 0 Å². The molecule has 0 fully saturated rings. The van der Waals surface area contributed by atoms with Gasteiger partial charge >= 0.3 is 0 Å². The van der Waals surface area contributed by atoms with Gasteiger partial charge in [0.15, 0.2) is 5.78 Å². The number of hydrogen-bond donors (Lipinski definition) is 1. The number of rotatable bonds is 2. The number of aromatic nitrogens is 3. The highest BCUT2D eigenvalue weighted by molar-refractivity contribution is 6.00. The van der Waals surface area contributed by atoms with Crippen LogP contribution in [0, 0.1) is 6.92 Å². The highest BCUT2D eigenvalue weighted by atomic mass is 16.1. The van der Waals surface area contributed by atoms with Gasteiger partial charge < -0.3 is 5.32 Å². The minimum atomic E-state index is -0.217. The van der Waals surface area contributed by atoms with Crippen molar-refractivity contribution in [2.75, 3.05) is 5.32 Å². The Labute approximate surface area is 157 Å². The number of carbonyl (C=O) groups is 1. The van der Waals surface area contributed by atoms with Gasteiger partial charge in [0.2, 0.25) is 5.95 Å². The molecule has 0 saturated carbocycles. The smallest absolute Gasteiger partial charge is 0.226 e. The molecule has 1 aromatic heterocycles.